The van der Waals surface area contributed by atoms with Gasteiger partial charge in [-0.15, -0.1) is 0 Å². The van der Waals surface area contributed by atoms with Crippen molar-refractivity contribution in [2.45, 2.75) is 57.3 Å². The van der Waals surface area contributed by atoms with Crippen molar-refractivity contribution in [2.75, 3.05) is 14.2 Å². The van der Waals surface area contributed by atoms with Crippen LogP contribution in [0.2, 0.25) is 0 Å². The van der Waals surface area contributed by atoms with Crippen LogP contribution in [0.25, 0.3) is 0 Å². The van der Waals surface area contributed by atoms with Gasteiger partial charge in [-0.25, -0.2) is 0 Å². The highest BCUT2D eigenvalue weighted by Gasteiger charge is 2.24. The molecular formula is C17H27NO3. The summed E-state index contributed by atoms with van der Waals surface area (Å²) in [5.74, 6) is 1.60. The quantitative estimate of drug-likeness (QED) is 0.876. The highest BCUT2D eigenvalue weighted by Crippen LogP contribution is 2.32. The van der Waals surface area contributed by atoms with Crippen LogP contribution in [-0.4, -0.2) is 32.5 Å². The lowest BCUT2D eigenvalue weighted by atomic mass is 9.95. The zero-order valence-corrected chi connectivity index (χ0v) is 13.3. The molecule has 0 spiro atoms. The summed E-state index contributed by atoms with van der Waals surface area (Å²) in [4.78, 5) is 0. The van der Waals surface area contributed by atoms with Crippen LogP contribution in [0.3, 0.4) is 0 Å². The minimum Gasteiger partial charge on any atom is -0.493 e. The van der Waals surface area contributed by atoms with Crippen LogP contribution in [0.4, 0.5) is 0 Å². The summed E-state index contributed by atoms with van der Waals surface area (Å²) < 4.78 is 17.1. The van der Waals surface area contributed by atoms with Crippen LogP contribution in [0, 0.1) is 0 Å². The molecule has 0 aromatic heterocycles. The maximum atomic E-state index is 6.13. The monoisotopic (exact) mass is 293 g/mol. The van der Waals surface area contributed by atoms with Gasteiger partial charge in [-0.1, -0.05) is 6.07 Å². The molecular weight excluding hydrogens is 266 g/mol. The van der Waals surface area contributed by atoms with Crippen molar-refractivity contribution in [1.29, 1.82) is 0 Å². The lowest BCUT2D eigenvalue weighted by molar-refractivity contribution is 0.0201. The number of hydrogen-bond donors (Lipinski definition) is 1. The number of benzene rings is 1. The van der Waals surface area contributed by atoms with Gasteiger partial charge in [-0.2, -0.15) is 0 Å². The predicted octanol–water partition coefficient (Wildman–Crippen LogP) is 2.92. The van der Waals surface area contributed by atoms with Crippen molar-refractivity contribution in [3.05, 3.63) is 23.8 Å². The standard InChI is InChI=1S/C17H27NO3/c1-12(18)9-13-7-8-16(17(10-13)20-3)21-15-6-4-5-14(11-15)19-2/h7-8,10,12,14-15H,4-6,9,11,18H2,1-3H3. The Morgan fingerprint density at radius 1 is 1.19 bits per heavy atom. The second-order valence-corrected chi connectivity index (χ2v) is 5.93. The first-order chi connectivity index (χ1) is 10.1. The van der Waals surface area contributed by atoms with Gasteiger partial charge >= 0.3 is 0 Å². The molecule has 1 aromatic carbocycles. The summed E-state index contributed by atoms with van der Waals surface area (Å²) in [7, 11) is 3.45. The summed E-state index contributed by atoms with van der Waals surface area (Å²) in [6, 6.07) is 6.22. The van der Waals surface area contributed by atoms with Crippen molar-refractivity contribution < 1.29 is 14.2 Å². The van der Waals surface area contributed by atoms with E-state index in [1.807, 2.05) is 19.1 Å². The molecule has 1 aliphatic rings. The van der Waals surface area contributed by atoms with E-state index in [4.69, 9.17) is 19.9 Å². The third-order valence-electron chi connectivity index (χ3n) is 3.99. The Balaban J connectivity index is 2.05. The van der Waals surface area contributed by atoms with Crippen LogP contribution in [-0.2, 0) is 11.2 Å². The summed E-state index contributed by atoms with van der Waals surface area (Å²) >= 11 is 0. The zero-order chi connectivity index (χ0) is 15.2. The molecule has 3 unspecified atom stereocenters. The Hall–Kier alpha value is -1.26. The van der Waals surface area contributed by atoms with Gasteiger partial charge in [0.05, 0.1) is 13.2 Å². The Morgan fingerprint density at radius 3 is 2.62 bits per heavy atom. The maximum absolute atomic E-state index is 6.13. The first-order valence-corrected chi connectivity index (χ1v) is 7.74. The van der Waals surface area contributed by atoms with Gasteiger partial charge in [-0.3, -0.25) is 0 Å². The number of rotatable bonds is 6. The van der Waals surface area contributed by atoms with E-state index >= 15 is 0 Å². The van der Waals surface area contributed by atoms with Crippen LogP contribution < -0.4 is 15.2 Å². The van der Waals surface area contributed by atoms with Gasteiger partial charge in [-0.05, 0) is 50.3 Å². The summed E-state index contributed by atoms with van der Waals surface area (Å²) in [6.07, 6.45) is 5.65. The van der Waals surface area contributed by atoms with Crippen LogP contribution >= 0.6 is 0 Å². The summed E-state index contributed by atoms with van der Waals surface area (Å²) in [5, 5.41) is 0. The maximum Gasteiger partial charge on any atom is 0.161 e. The fourth-order valence-corrected chi connectivity index (χ4v) is 2.91. The molecule has 3 atom stereocenters. The van der Waals surface area contributed by atoms with E-state index in [9.17, 15) is 0 Å². The van der Waals surface area contributed by atoms with Crippen molar-refractivity contribution >= 4 is 0 Å². The third-order valence-corrected chi connectivity index (χ3v) is 3.99. The van der Waals surface area contributed by atoms with E-state index < -0.39 is 0 Å². The Morgan fingerprint density at radius 2 is 1.95 bits per heavy atom. The molecule has 0 radical (unpaired) electrons. The van der Waals surface area contributed by atoms with Gasteiger partial charge in [0.15, 0.2) is 11.5 Å². The minimum atomic E-state index is 0.141. The van der Waals surface area contributed by atoms with E-state index in [0.717, 1.165) is 43.6 Å². The SMILES string of the molecule is COc1cc(CC(C)N)ccc1OC1CCCC(OC)C1. The van der Waals surface area contributed by atoms with Gasteiger partial charge < -0.3 is 19.9 Å². The fourth-order valence-electron chi connectivity index (χ4n) is 2.91. The van der Waals surface area contributed by atoms with Crippen LogP contribution in [0.15, 0.2) is 18.2 Å². The fraction of sp³-hybridized carbons (Fsp3) is 0.647. The van der Waals surface area contributed by atoms with E-state index in [0.29, 0.717) is 6.10 Å². The van der Waals surface area contributed by atoms with Crippen molar-refractivity contribution in [1.82, 2.24) is 0 Å². The molecule has 1 aromatic rings. The van der Waals surface area contributed by atoms with Gasteiger partial charge in [0.2, 0.25) is 0 Å². The molecule has 2 rings (SSSR count). The van der Waals surface area contributed by atoms with Crippen LogP contribution in [0.1, 0.15) is 38.2 Å². The molecule has 4 heteroatoms. The molecule has 2 N–H and O–H groups in total. The Labute approximate surface area is 127 Å². The normalized spacial score (nSPS) is 23.6. The van der Waals surface area contributed by atoms with E-state index in [-0.39, 0.29) is 12.1 Å². The van der Waals surface area contributed by atoms with Crippen LogP contribution in [0.5, 0.6) is 11.5 Å². The number of ether oxygens (including phenoxy) is 3. The van der Waals surface area contributed by atoms with E-state index in [2.05, 4.69) is 6.07 Å². The molecule has 0 amide bonds. The molecule has 0 heterocycles. The minimum absolute atomic E-state index is 0.141. The second kappa shape index (κ2) is 7.66. The lowest BCUT2D eigenvalue weighted by Crippen LogP contribution is -2.29. The van der Waals surface area contributed by atoms with Crippen molar-refractivity contribution in [3.8, 4) is 11.5 Å². The molecule has 1 aliphatic carbocycles. The average Bonchev–Trinajstić information content (AvgIpc) is 2.48. The highest BCUT2D eigenvalue weighted by atomic mass is 16.5. The molecule has 0 aliphatic heterocycles. The summed E-state index contributed by atoms with van der Waals surface area (Å²) in [6.45, 7) is 2.00. The van der Waals surface area contributed by atoms with Gasteiger partial charge in [0.25, 0.3) is 0 Å². The van der Waals surface area contributed by atoms with Gasteiger partial charge in [0.1, 0.15) is 6.10 Å². The number of nitrogens with two attached hydrogens (primary N) is 1. The largest absolute Gasteiger partial charge is 0.493 e. The smallest absolute Gasteiger partial charge is 0.161 e. The molecule has 0 bridgehead atoms. The average molecular weight is 293 g/mol. The molecule has 21 heavy (non-hydrogen) atoms. The first-order valence-electron chi connectivity index (χ1n) is 7.74. The molecule has 118 valence electrons. The Bertz CT molecular complexity index is 448. The molecule has 0 saturated heterocycles. The second-order valence-electron chi connectivity index (χ2n) is 5.93. The Kier molecular flexibility index (Phi) is 5.88. The van der Waals surface area contributed by atoms with E-state index in [1.54, 1.807) is 14.2 Å². The predicted molar refractivity (Wildman–Crippen MR) is 84.0 cm³/mol. The van der Waals surface area contributed by atoms with Crippen molar-refractivity contribution in [2.24, 2.45) is 5.73 Å². The summed E-state index contributed by atoms with van der Waals surface area (Å²) in [5.41, 5.74) is 7.02. The first kappa shape index (κ1) is 16.1. The third kappa shape index (κ3) is 4.61. The van der Waals surface area contributed by atoms with Gasteiger partial charge in [0, 0.05) is 19.6 Å². The topological polar surface area (TPSA) is 53.7 Å². The zero-order valence-electron chi connectivity index (χ0n) is 13.3. The molecule has 1 fully saturated rings. The number of hydrogen-bond acceptors (Lipinski definition) is 4. The van der Waals surface area contributed by atoms with Crippen molar-refractivity contribution in [3.63, 3.8) is 0 Å². The number of methoxy groups -OCH3 is 2. The lowest BCUT2D eigenvalue weighted by Gasteiger charge is -2.29. The van der Waals surface area contributed by atoms with E-state index in [1.165, 1.54) is 5.56 Å². The molecule has 1 saturated carbocycles. The highest BCUT2D eigenvalue weighted by molar-refractivity contribution is 5.43. The molecule has 4 nitrogen and oxygen atoms in total.